The molecule has 0 saturated heterocycles. The Balaban J connectivity index is 1.73. The van der Waals surface area contributed by atoms with Crippen molar-refractivity contribution >= 4 is 45.5 Å². The predicted octanol–water partition coefficient (Wildman–Crippen LogP) is 5.60. The minimum Gasteiger partial charge on any atom is -0.289 e. The van der Waals surface area contributed by atoms with Crippen molar-refractivity contribution in [3.63, 3.8) is 0 Å². The monoisotopic (exact) mass is 415 g/mol. The molecule has 0 aliphatic heterocycles. The quantitative estimate of drug-likeness (QED) is 0.408. The van der Waals surface area contributed by atoms with Crippen LogP contribution in [0.1, 0.15) is 37.4 Å². The molecule has 0 saturated carbocycles. The van der Waals surface area contributed by atoms with Gasteiger partial charge in [0.2, 0.25) is 0 Å². The first-order valence-corrected chi connectivity index (χ1v) is 9.22. The van der Waals surface area contributed by atoms with Gasteiger partial charge in [0.15, 0.2) is 11.6 Å². The second kappa shape index (κ2) is 7.25. The number of halogens is 1. The molecular weight excluding hydrogens is 402 g/mol. The molecule has 0 amide bonds. The van der Waals surface area contributed by atoms with Gasteiger partial charge in [-0.1, -0.05) is 66.7 Å². The summed E-state index contributed by atoms with van der Waals surface area (Å²) in [5, 5.41) is 0. The second-order valence-corrected chi connectivity index (χ2v) is 7.02. The SMILES string of the molecule is O=C1c2ccccc2C(=O)c2c(N=CC(Br)=Cc3ccccc3)cccc21. The van der Waals surface area contributed by atoms with Crippen LogP contribution in [0, 0.1) is 0 Å². The molecule has 4 heteroatoms. The Hall–Kier alpha value is -3.11. The Morgan fingerprint density at radius 2 is 1.37 bits per heavy atom. The van der Waals surface area contributed by atoms with Crippen LogP contribution in [0.25, 0.3) is 6.08 Å². The number of rotatable bonds is 3. The zero-order chi connectivity index (χ0) is 18.8. The molecule has 0 N–H and O–H groups in total. The molecule has 0 bridgehead atoms. The second-order valence-electron chi connectivity index (χ2n) is 6.10. The van der Waals surface area contributed by atoms with Gasteiger partial charge in [0, 0.05) is 27.4 Å². The Morgan fingerprint density at radius 1 is 0.741 bits per heavy atom. The van der Waals surface area contributed by atoms with Gasteiger partial charge in [-0.3, -0.25) is 14.6 Å². The van der Waals surface area contributed by atoms with Crippen LogP contribution in [0.4, 0.5) is 5.69 Å². The van der Waals surface area contributed by atoms with Crippen molar-refractivity contribution < 1.29 is 9.59 Å². The topological polar surface area (TPSA) is 46.5 Å². The summed E-state index contributed by atoms with van der Waals surface area (Å²) in [4.78, 5) is 30.2. The number of fused-ring (bicyclic) bond motifs is 2. The minimum absolute atomic E-state index is 0.142. The molecule has 3 aromatic carbocycles. The zero-order valence-corrected chi connectivity index (χ0v) is 15.8. The highest BCUT2D eigenvalue weighted by atomic mass is 79.9. The smallest absolute Gasteiger partial charge is 0.196 e. The molecule has 0 spiro atoms. The number of carbonyl (C=O) groups is 2. The molecular formula is C23H14BrNO2. The first-order valence-electron chi connectivity index (χ1n) is 8.43. The zero-order valence-electron chi connectivity index (χ0n) is 14.2. The van der Waals surface area contributed by atoms with Crippen LogP contribution < -0.4 is 0 Å². The summed E-state index contributed by atoms with van der Waals surface area (Å²) in [6, 6.07) is 21.9. The van der Waals surface area contributed by atoms with Crippen molar-refractivity contribution in [3.05, 3.63) is 105 Å². The maximum absolute atomic E-state index is 13.0. The third-order valence-corrected chi connectivity index (χ3v) is 4.80. The van der Waals surface area contributed by atoms with E-state index in [1.54, 1.807) is 48.7 Å². The van der Waals surface area contributed by atoms with Crippen molar-refractivity contribution in [2.75, 3.05) is 0 Å². The van der Waals surface area contributed by atoms with Gasteiger partial charge in [-0.2, -0.15) is 0 Å². The third-order valence-electron chi connectivity index (χ3n) is 4.36. The van der Waals surface area contributed by atoms with Crippen LogP contribution in [-0.4, -0.2) is 17.8 Å². The van der Waals surface area contributed by atoms with Gasteiger partial charge in [-0.25, -0.2) is 0 Å². The van der Waals surface area contributed by atoms with Crippen LogP contribution in [0.15, 0.2) is 82.3 Å². The summed E-state index contributed by atoms with van der Waals surface area (Å²) in [6.45, 7) is 0. The lowest BCUT2D eigenvalue weighted by atomic mass is 9.83. The van der Waals surface area contributed by atoms with E-state index in [2.05, 4.69) is 20.9 Å². The van der Waals surface area contributed by atoms with Gasteiger partial charge in [0.05, 0.1) is 11.3 Å². The number of aliphatic imine (C=N–C) groups is 1. The molecule has 130 valence electrons. The average molecular weight is 416 g/mol. The first kappa shape index (κ1) is 17.3. The largest absolute Gasteiger partial charge is 0.289 e. The van der Waals surface area contributed by atoms with Crippen molar-refractivity contribution in [2.24, 2.45) is 4.99 Å². The maximum Gasteiger partial charge on any atom is 0.196 e. The van der Waals surface area contributed by atoms with Crippen LogP contribution in [0.5, 0.6) is 0 Å². The van der Waals surface area contributed by atoms with Crippen LogP contribution >= 0.6 is 15.9 Å². The first-order chi connectivity index (χ1) is 13.1. The highest BCUT2D eigenvalue weighted by Gasteiger charge is 2.31. The van der Waals surface area contributed by atoms with Crippen LogP contribution in [0.2, 0.25) is 0 Å². The van der Waals surface area contributed by atoms with E-state index >= 15 is 0 Å². The number of carbonyl (C=O) groups excluding carboxylic acids is 2. The molecule has 4 rings (SSSR count). The molecule has 0 heterocycles. The van der Waals surface area contributed by atoms with E-state index in [-0.39, 0.29) is 11.6 Å². The van der Waals surface area contributed by atoms with Gasteiger partial charge in [0.25, 0.3) is 0 Å². The summed E-state index contributed by atoms with van der Waals surface area (Å²) in [5.41, 5.74) is 3.15. The summed E-state index contributed by atoms with van der Waals surface area (Å²) in [6.07, 6.45) is 3.57. The van der Waals surface area contributed by atoms with E-state index in [9.17, 15) is 9.59 Å². The van der Waals surface area contributed by atoms with E-state index in [4.69, 9.17) is 0 Å². The fraction of sp³-hybridized carbons (Fsp3) is 0. The number of hydrogen-bond donors (Lipinski definition) is 0. The van der Waals surface area contributed by atoms with Crippen molar-refractivity contribution in [2.45, 2.75) is 0 Å². The Bertz CT molecular complexity index is 1110. The standard InChI is InChI=1S/C23H14BrNO2/c24-16(13-15-7-2-1-3-8-15)14-25-20-12-6-11-19-21(20)23(27)18-10-5-4-9-17(18)22(19)26/h1-14H. The van der Waals surface area contributed by atoms with Crippen molar-refractivity contribution in [3.8, 4) is 0 Å². The van der Waals surface area contributed by atoms with E-state index in [1.165, 1.54) is 0 Å². The van der Waals surface area contributed by atoms with Crippen LogP contribution in [-0.2, 0) is 0 Å². The van der Waals surface area contributed by atoms with E-state index in [1.807, 2.05) is 36.4 Å². The van der Waals surface area contributed by atoms with E-state index in [0.29, 0.717) is 27.9 Å². The van der Waals surface area contributed by atoms with Gasteiger partial charge in [-0.15, -0.1) is 0 Å². The minimum atomic E-state index is -0.170. The molecule has 3 aromatic rings. The lowest BCUT2D eigenvalue weighted by molar-refractivity contribution is 0.0979. The number of benzene rings is 3. The summed E-state index contributed by atoms with van der Waals surface area (Å²) < 4.78 is 0.765. The normalized spacial score (nSPS) is 13.6. The Labute approximate surface area is 165 Å². The fourth-order valence-corrected chi connectivity index (χ4v) is 3.48. The number of hydrogen-bond acceptors (Lipinski definition) is 3. The number of ketones is 2. The van der Waals surface area contributed by atoms with E-state index in [0.717, 1.165) is 10.0 Å². The van der Waals surface area contributed by atoms with Crippen molar-refractivity contribution in [1.29, 1.82) is 0 Å². The summed E-state index contributed by atoms with van der Waals surface area (Å²) >= 11 is 3.48. The highest BCUT2D eigenvalue weighted by molar-refractivity contribution is 9.12. The highest BCUT2D eigenvalue weighted by Crippen LogP contribution is 2.33. The molecule has 1 aliphatic rings. The van der Waals surface area contributed by atoms with Gasteiger partial charge < -0.3 is 0 Å². The fourth-order valence-electron chi connectivity index (χ4n) is 3.11. The molecule has 0 unspecified atom stereocenters. The van der Waals surface area contributed by atoms with Gasteiger partial charge in [-0.05, 0) is 33.6 Å². The molecule has 1 aliphatic carbocycles. The molecule has 27 heavy (non-hydrogen) atoms. The van der Waals surface area contributed by atoms with Gasteiger partial charge in [0.1, 0.15) is 0 Å². The lowest BCUT2D eigenvalue weighted by Crippen LogP contribution is -2.20. The predicted molar refractivity (Wildman–Crippen MR) is 111 cm³/mol. The maximum atomic E-state index is 13.0. The number of nitrogens with zero attached hydrogens (tertiary/aromatic N) is 1. The lowest BCUT2D eigenvalue weighted by Gasteiger charge is -2.18. The van der Waals surface area contributed by atoms with E-state index < -0.39 is 0 Å². The number of allylic oxidation sites excluding steroid dienone is 1. The molecule has 0 fully saturated rings. The Kier molecular flexibility index (Phi) is 4.65. The van der Waals surface area contributed by atoms with Gasteiger partial charge >= 0.3 is 0 Å². The Morgan fingerprint density at radius 3 is 2.11 bits per heavy atom. The molecule has 0 aromatic heterocycles. The van der Waals surface area contributed by atoms with Crippen molar-refractivity contribution in [1.82, 2.24) is 0 Å². The summed E-state index contributed by atoms with van der Waals surface area (Å²) in [7, 11) is 0. The third kappa shape index (κ3) is 3.32. The molecule has 0 atom stereocenters. The van der Waals surface area contributed by atoms with Crippen LogP contribution in [0.3, 0.4) is 0 Å². The summed E-state index contributed by atoms with van der Waals surface area (Å²) in [5.74, 6) is -0.313. The average Bonchev–Trinajstić information content (AvgIpc) is 2.71. The molecule has 3 nitrogen and oxygen atoms in total. The molecule has 0 radical (unpaired) electrons.